The van der Waals surface area contributed by atoms with Gasteiger partial charge in [0.15, 0.2) is 0 Å². The highest BCUT2D eigenvalue weighted by molar-refractivity contribution is 5.38. The number of anilines is 1. The first-order valence-electron chi connectivity index (χ1n) is 5.47. The number of pyridine rings is 1. The van der Waals surface area contributed by atoms with Crippen molar-refractivity contribution in [1.82, 2.24) is 4.98 Å². The summed E-state index contributed by atoms with van der Waals surface area (Å²) in [6, 6.07) is 4.12. The number of hydrogen-bond donors (Lipinski definition) is 1. The van der Waals surface area contributed by atoms with Crippen LogP contribution in [0.2, 0.25) is 0 Å². The second-order valence-electron chi connectivity index (χ2n) is 4.57. The van der Waals surface area contributed by atoms with E-state index in [4.69, 9.17) is 0 Å². The predicted octanol–water partition coefficient (Wildman–Crippen LogP) is 1.60. The smallest absolute Gasteiger partial charge is 0.128 e. The largest absolute Gasteiger partial charge is 0.393 e. The van der Waals surface area contributed by atoms with Crippen molar-refractivity contribution >= 4 is 5.82 Å². The molecule has 0 atom stereocenters. The molecular weight excluding hydrogens is 188 g/mol. The summed E-state index contributed by atoms with van der Waals surface area (Å²) in [5.74, 6) is 1.65. The van der Waals surface area contributed by atoms with E-state index in [2.05, 4.69) is 23.0 Å². The SMILES string of the molecule is Cc1ccc(N(C)CC2CC(O)C2)nc1. The average Bonchev–Trinajstić information content (AvgIpc) is 2.16. The van der Waals surface area contributed by atoms with Crippen LogP contribution >= 0.6 is 0 Å². The molecular formula is C12H18N2O. The Morgan fingerprint density at radius 3 is 2.73 bits per heavy atom. The zero-order valence-corrected chi connectivity index (χ0v) is 9.35. The first-order valence-corrected chi connectivity index (χ1v) is 5.47. The van der Waals surface area contributed by atoms with E-state index < -0.39 is 0 Å². The van der Waals surface area contributed by atoms with Gasteiger partial charge in [0.25, 0.3) is 0 Å². The fourth-order valence-electron chi connectivity index (χ4n) is 2.02. The van der Waals surface area contributed by atoms with Crippen molar-refractivity contribution in [2.24, 2.45) is 5.92 Å². The van der Waals surface area contributed by atoms with Crippen molar-refractivity contribution < 1.29 is 5.11 Å². The predicted molar refractivity (Wildman–Crippen MR) is 61.0 cm³/mol. The molecule has 1 fully saturated rings. The lowest BCUT2D eigenvalue weighted by molar-refractivity contribution is 0.0464. The van der Waals surface area contributed by atoms with E-state index in [1.807, 2.05) is 19.2 Å². The molecule has 1 aromatic heterocycles. The van der Waals surface area contributed by atoms with Crippen LogP contribution in [0.3, 0.4) is 0 Å². The Hall–Kier alpha value is -1.09. The second-order valence-corrected chi connectivity index (χ2v) is 4.57. The zero-order chi connectivity index (χ0) is 10.8. The number of aliphatic hydroxyl groups excluding tert-OH is 1. The second kappa shape index (κ2) is 4.19. The number of aliphatic hydroxyl groups is 1. The third-order valence-corrected chi connectivity index (χ3v) is 3.03. The van der Waals surface area contributed by atoms with E-state index in [-0.39, 0.29) is 6.10 Å². The lowest BCUT2D eigenvalue weighted by Crippen LogP contribution is -2.37. The van der Waals surface area contributed by atoms with Gasteiger partial charge >= 0.3 is 0 Å². The molecule has 1 saturated carbocycles. The summed E-state index contributed by atoms with van der Waals surface area (Å²) in [5, 5.41) is 9.20. The van der Waals surface area contributed by atoms with Gasteiger partial charge in [-0.05, 0) is 37.3 Å². The fourth-order valence-corrected chi connectivity index (χ4v) is 2.02. The zero-order valence-electron chi connectivity index (χ0n) is 9.35. The maximum Gasteiger partial charge on any atom is 0.128 e. The van der Waals surface area contributed by atoms with Crippen LogP contribution in [0.1, 0.15) is 18.4 Å². The van der Waals surface area contributed by atoms with Crippen molar-refractivity contribution in [3.05, 3.63) is 23.9 Å². The van der Waals surface area contributed by atoms with Crippen molar-refractivity contribution in [2.45, 2.75) is 25.9 Å². The number of aryl methyl sites for hydroxylation is 1. The van der Waals surface area contributed by atoms with Crippen molar-refractivity contribution in [2.75, 3.05) is 18.5 Å². The minimum absolute atomic E-state index is 0.0608. The molecule has 0 radical (unpaired) electrons. The van der Waals surface area contributed by atoms with Crippen LogP contribution in [-0.2, 0) is 0 Å². The highest BCUT2D eigenvalue weighted by atomic mass is 16.3. The van der Waals surface area contributed by atoms with E-state index in [0.717, 1.165) is 25.2 Å². The topological polar surface area (TPSA) is 36.4 Å². The molecule has 82 valence electrons. The van der Waals surface area contributed by atoms with Gasteiger partial charge in [0.2, 0.25) is 0 Å². The molecule has 0 aromatic carbocycles. The van der Waals surface area contributed by atoms with Crippen LogP contribution in [0.25, 0.3) is 0 Å². The lowest BCUT2D eigenvalue weighted by Gasteiger charge is -2.34. The molecule has 1 aliphatic carbocycles. The van der Waals surface area contributed by atoms with Crippen LogP contribution in [0.5, 0.6) is 0 Å². The molecule has 3 heteroatoms. The summed E-state index contributed by atoms with van der Waals surface area (Å²) in [6.07, 6.45) is 3.71. The molecule has 0 saturated heterocycles. The Labute approximate surface area is 90.8 Å². The van der Waals surface area contributed by atoms with Crippen LogP contribution in [0.4, 0.5) is 5.82 Å². The molecule has 2 rings (SSSR count). The van der Waals surface area contributed by atoms with E-state index in [1.165, 1.54) is 5.56 Å². The molecule has 15 heavy (non-hydrogen) atoms. The first-order chi connectivity index (χ1) is 7.15. The van der Waals surface area contributed by atoms with Crippen molar-refractivity contribution in [1.29, 1.82) is 0 Å². The van der Waals surface area contributed by atoms with E-state index in [1.54, 1.807) is 0 Å². The van der Waals surface area contributed by atoms with Crippen LogP contribution in [0.15, 0.2) is 18.3 Å². The normalized spacial score (nSPS) is 24.7. The van der Waals surface area contributed by atoms with Gasteiger partial charge in [-0.15, -0.1) is 0 Å². The van der Waals surface area contributed by atoms with E-state index >= 15 is 0 Å². The third-order valence-electron chi connectivity index (χ3n) is 3.03. The summed E-state index contributed by atoms with van der Waals surface area (Å²) in [7, 11) is 2.06. The molecule has 1 aliphatic rings. The van der Waals surface area contributed by atoms with Gasteiger partial charge < -0.3 is 10.0 Å². The van der Waals surface area contributed by atoms with Gasteiger partial charge in [-0.2, -0.15) is 0 Å². The Morgan fingerprint density at radius 1 is 1.47 bits per heavy atom. The van der Waals surface area contributed by atoms with E-state index in [0.29, 0.717) is 5.92 Å². The van der Waals surface area contributed by atoms with Crippen LogP contribution in [-0.4, -0.2) is 29.8 Å². The average molecular weight is 206 g/mol. The maximum atomic E-state index is 9.20. The monoisotopic (exact) mass is 206 g/mol. The fraction of sp³-hybridized carbons (Fsp3) is 0.583. The summed E-state index contributed by atoms with van der Waals surface area (Å²) < 4.78 is 0. The van der Waals surface area contributed by atoms with Gasteiger partial charge in [0, 0.05) is 19.8 Å². The quantitative estimate of drug-likeness (QED) is 0.816. The van der Waals surface area contributed by atoms with Crippen LogP contribution < -0.4 is 4.90 Å². The van der Waals surface area contributed by atoms with Gasteiger partial charge in [-0.3, -0.25) is 0 Å². The van der Waals surface area contributed by atoms with Gasteiger partial charge in [-0.25, -0.2) is 4.98 Å². The van der Waals surface area contributed by atoms with Crippen LogP contribution in [0, 0.1) is 12.8 Å². The summed E-state index contributed by atoms with van der Waals surface area (Å²) in [4.78, 5) is 6.53. The Morgan fingerprint density at radius 2 is 2.20 bits per heavy atom. The third kappa shape index (κ3) is 2.48. The molecule has 0 aliphatic heterocycles. The highest BCUT2D eigenvalue weighted by Gasteiger charge is 2.28. The molecule has 3 nitrogen and oxygen atoms in total. The Kier molecular flexibility index (Phi) is 2.91. The first kappa shape index (κ1) is 10.4. The number of rotatable bonds is 3. The summed E-state index contributed by atoms with van der Waals surface area (Å²) in [5.41, 5.74) is 1.19. The molecule has 0 bridgehead atoms. The van der Waals surface area contributed by atoms with E-state index in [9.17, 15) is 5.11 Å². The number of nitrogens with zero attached hydrogens (tertiary/aromatic N) is 2. The van der Waals surface area contributed by atoms with Gasteiger partial charge in [0.1, 0.15) is 5.82 Å². The molecule has 1 N–H and O–H groups in total. The summed E-state index contributed by atoms with van der Waals surface area (Å²) in [6.45, 7) is 3.03. The maximum absolute atomic E-state index is 9.20. The lowest BCUT2D eigenvalue weighted by atomic mass is 9.82. The molecule has 0 spiro atoms. The van der Waals surface area contributed by atoms with Crippen molar-refractivity contribution in [3.8, 4) is 0 Å². The standard InChI is InChI=1S/C12H18N2O/c1-9-3-4-12(13-7-9)14(2)8-10-5-11(15)6-10/h3-4,7,10-11,15H,5-6,8H2,1-2H3. The number of aromatic nitrogens is 1. The highest BCUT2D eigenvalue weighted by Crippen LogP contribution is 2.28. The molecule has 1 heterocycles. The van der Waals surface area contributed by atoms with Gasteiger partial charge in [0.05, 0.1) is 6.10 Å². The minimum atomic E-state index is -0.0608. The Balaban J connectivity index is 1.90. The van der Waals surface area contributed by atoms with Gasteiger partial charge in [-0.1, -0.05) is 6.07 Å². The Bertz CT molecular complexity index is 317. The summed E-state index contributed by atoms with van der Waals surface area (Å²) >= 11 is 0. The number of hydrogen-bond acceptors (Lipinski definition) is 3. The molecule has 0 amide bonds. The minimum Gasteiger partial charge on any atom is -0.393 e. The molecule has 0 unspecified atom stereocenters. The van der Waals surface area contributed by atoms with Crippen molar-refractivity contribution in [3.63, 3.8) is 0 Å². The molecule has 1 aromatic rings.